The number of rotatable bonds is 16. The Morgan fingerprint density at radius 1 is 0.879 bits per heavy atom. The number of nitrogens with zero attached hydrogens (tertiary/aromatic N) is 1. The van der Waals surface area contributed by atoms with Crippen LogP contribution in [0.25, 0.3) is 0 Å². The highest BCUT2D eigenvalue weighted by Crippen LogP contribution is 2.16. The lowest BCUT2D eigenvalue weighted by molar-refractivity contribution is -0.137. The summed E-state index contributed by atoms with van der Waals surface area (Å²) in [5.41, 5.74) is 2.25. The van der Waals surface area contributed by atoms with Crippen LogP contribution in [-0.4, -0.2) is 78.5 Å². The van der Waals surface area contributed by atoms with Crippen LogP contribution in [0.5, 0.6) is 0 Å². The fourth-order valence-electron chi connectivity index (χ4n) is 2.52. The minimum Gasteiger partial charge on any atom is -0.481 e. The lowest BCUT2D eigenvalue weighted by atomic mass is 10.1. The Morgan fingerprint density at radius 3 is 1.70 bits per heavy atom. The molecule has 9 nitrogen and oxygen atoms in total. The lowest BCUT2D eigenvalue weighted by Crippen LogP contribution is -2.27. The van der Waals surface area contributed by atoms with E-state index in [-0.39, 0.29) is 19.6 Å². The zero-order valence-corrected chi connectivity index (χ0v) is 22.1. The number of unbranched alkanes of at least 4 members (excludes halogenated alkanes) is 1. The van der Waals surface area contributed by atoms with Crippen molar-refractivity contribution in [2.24, 2.45) is 0 Å². The van der Waals surface area contributed by atoms with Crippen LogP contribution in [0.4, 0.5) is 5.69 Å². The SMILES string of the molecule is CS(=O)(=O)OCCCCOS(C)(=O)=O.O=C(O)CCCc1ccc(N(CCCl)CCCl)cc1. The molecule has 0 heterocycles. The molecule has 33 heavy (non-hydrogen) atoms. The van der Waals surface area contributed by atoms with E-state index in [1.54, 1.807) is 0 Å². The summed E-state index contributed by atoms with van der Waals surface area (Å²) in [6, 6.07) is 8.14. The van der Waals surface area contributed by atoms with Gasteiger partial charge in [0.25, 0.3) is 20.2 Å². The van der Waals surface area contributed by atoms with Crippen molar-refractivity contribution in [3.05, 3.63) is 29.8 Å². The monoisotopic (exact) mass is 549 g/mol. The van der Waals surface area contributed by atoms with Gasteiger partial charge in [-0.25, -0.2) is 0 Å². The number of carboxylic acids is 1. The average molecular weight is 551 g/mol. The third-order valence-electron chi connectivity index (χ3n) is 4.00. The summed E-state index contributed by atoms with van der Waals surface area (Å²) in [6.07, 6.45) is 4.46. The van der Waals surface area contributed by atoms with Crippen LogP contribution in [-0.2, 0) is 39.8 Å². The van der Waals surface area contributed by atoms with Crippen molar-refractivity contribution in [3.63, 3.8) is 0 Å². The van der Waals surface area contributed by atoms with Crippen LogP contribution in [0.15, 0.2) is 24.3 Å². The number of benzene rings is 1. The first-order valence-electron chi connectivity index (χ1n) is 10.2. The number of hydrogen-bond acceptors (Lipinski definition) is 8. The van der Waals surface area contributed by atoms with E-state index in [1.165, 1.54) is 0 Å². The summed E-state index contributed by atoms with van der Waals surface area (Å²) >= 11 is 11.5. The zero-order valence-electron chi connectivity index (χ0n) is 18.9. The van der Waals surface area contributed by atoms with E-state index in [0.717, 1.165) is 43.3 Å². The highest BCUT2D eigenvalue weighted by Gasteiger charge is 2.06. The molecule has 1 aromatic rings. The van der Waals surface area contributed by atoms with Crippen LogP contribution in [0.3, 0.4) is 0 Å². The first-order valence-corrected chi connectivity index (χ1v) is 14.9. The summed E-state index contributed by atoms with van der Waals surface area (Å²) < 4.78 is 50.8. The maximum atomic E-state index is 10.5. The van der Waals surface area contributed by atoms with Gasteiger partial charge in [0.1, 0.15) is 0 Å². The van der Waals surface area contributed by atoms with Crippen LogP contribution < -0.4 is 4.90 Å². The maximum absolute atomic E-state index is 10.5. The van der Waals surface area contributed by atoms with Crippen LogP contribution in [0.2, 0.25) is 0 Å². The highest BCUT2D eigenvalue weighted by molar-refractivity contribution is 7.86. The molecular formula is C20H33Cl2NO8S2. The Balaban J connectivity index is 0.000000653. The van der Waals surface area contributed by atoms with Crippen molar-refractivity contribution >= 4 is 55.1 Å². The van der Waals surface area contributed by atoms with Crippen molar-refractivity contribution in [2.75, 3.05) is 55.5 Å². The van der Waals surface area contributed by atoms with Crippen molar-refractivity contribution in [2.45, 2.75) is 32.1 Å². The zero-order chi connectivity index (χ0) is 25.3. The number of halogens is 2. The second-order valence-electron chi connectivity index (χ2n) is 7.04. The third-order valence-corrected chi connectivity index (χ3v) is 5.53. The van der Waals surface area contributed by atoms with Gasteiger partial charge in [-0.1, -0.05) is 12.1 Å². The van der Waals surface area contributed by atoms with Crippen molar-refractivity contribution in [3.8, 4) is 0 Å². The van der Waals surface area contributed by atoms with E-state index in [2.05, 4.69) is 13.3 Å². The van der Waals surface area contributed by atoms with E-state index in [1.807, 2.05) is 24.3 Å². The molecule has 0 aliphatic heterocycles. The minimum atomic E-state index is -3.40. The standard InChI is InChI=1S/C14H19Cl2NO2.C6H14O6S2/c15-8-10-17(11-9-16)13-6-4-12(5-7-13)2-1-3-14(18)19;1-13(7,8)11-5-3-4-6-12-14(2,9)10/h4-7H,1-3,8-11H2,(H,18,19);3-6H2,1-2H3. The van der Waals surface area contributed by atoms with Gasteiger partial charge in [-0.2, -0.15) is 16.8 Å². The predicted molar refractivity (Wildman–Crippen MR) is 131 cm³/mol. The number of alkyl halides is 2. The molecular weight excluding hydrogens is 517 g/mol. The Labute approximate surface area is 207 Å². The van der Waals surface area contributed by atoms with E-state index >= 15 is 0 Å². The van der Waals surface area contributed by atoms with Crippen LogP contribution in [0, 0.1) is 0 Å². The Kier molecular flexibility index (Phi) is 16.8. The molecule has 0 fully saturated rings. The second-order valence-corrected chi connectivity index (χ2v) is 11.1. The number of aryl methyl sites for hydroxylation is 1. The Bertz CT molecular complexity index is 836. The molecule has 192 valence electrons. The molecule has 1 aromatic carbocycles. The lowest BCUT2D eigenvalue weighted by Gasteiger charge is -2.23. The molecule has 0 saturated carbocycles. The van der Waals surface area contributed by atoms with Gasteiger partial charge >= 0.3 is 5.97 Å². The average Bonchev–Trinajstić information content (AvgIpc) is 2.70. The molecule has 1 rings (SSSR count). The number of hydrogen-bond donors (Lipinski definition) is 1. The first kappa shape index (κ1) is 31.9. The van der Waals surface area contributed by atoms with Gasteiger partial charge in [0.2, 0.25) is 0 Å². The minimum absolute atomic E-state index is 0.0476. The van der Waals surface area contributed by atoms with Crippen molar-refractivity contribution in [1.29, 1.82) is 0 Å². The van der Waals surface area contributed by atoms with Gasteiger partial charge in [-0.15, -0.1) is 23.2 Å². The maximum Gasteiger partial charge on any atom is 0.303 e. The quantitative estimate of drug-likeness (QED) is 0.188. The predicted octanol–water partition coefficient (Wildman–Crippen LogP) is 3.10. The first-order chi connectivity index (χ1) is 15.4. The molecule has 0 aliphatic rings. The summed E-state index contributed by atoms with van der Waals surface area (Å²) in [7, 11) is -6.80. The van der Waals surface area contributed by atoms with Gasteiger partial charge in [-0.3, -0.25) is 13.2 Å². The smallest absolute Gasteiger partial charge is 0.303 e. The summed E-state index contributed by atoms with van der Waals surface area (Å²) in [5, 5.41) is 8.59. The van der Waals surface area contributed by atoms with Gasteiger partial charge in [0.15, 0.2) is 0 Å². The van der Waals surface area contributed by atoms with Gasteiger partial charge in [0, 0.05) is 37.0 Å². The molecule has 0 amide bonds. The fourth-order valence-corrected chi connectivity index (χ4v) is 3.77. The largest absolute Gasteiger partial charge is 0.481 e. The topological polar surface area (TPSA) is 127 Å². The molecule has 0 unspecified atom stereocenters. The number of aliphatic carboxylic acids is 1. The number of carbonyl (C=O) groups is 1. The van der Waals surface area contributed by atoms with Gasteiger partial charge in [-0.05, 0) is 43.4 Å². The molecule has 0 aromatic heterocycles. The van der Waals surface area contributed by atoms with E-state index in [0.29, 0.717) is 31.0 Å². The molecule has 1 N–H and O–H groups in total. The highest BCUT2D eigenvalue weighted by atomic mass is 35.5. The van der Waals surface area contributed by atoms with Crippen LogP contribution in [0.1, 0.15) is 31.2 Å². The molecule has 0 saturated heterocycles. The van der Waals surface area contributed by atoms with Crippen molar-refractivity contribution in [1.82, 2.24) is 0 Å². The van der Waals surface area contributed by atoms with Crippen molar-refractivity contribution < 1.29 is 35.1 Å². The van der Waals surface area contributed by atoms with E-state index in [4.69, 9.17) is 28.3 Å². The normalized spacial score (nSPS) is 11.5. The van der Waals surface area contributed by atoms with E-state index in [9.17, 15) is 21.6 Å². The van der Waals surface area contributed by atoms with Gasteiger partial charge < -0.3 is 10.0 Å². The molecule has 0 aliphatic carbocycles. The third kappa shape index (κ3) is 20.0. The van der Waals surface area contributed by atoms with Crippen LogP contribution >= 0.6 is 23.2 Å². The Hall–Kier alpha value is -1.11. The molecule has 0 atom stereocenters. The molecule has 13 heteroatoms. The summed E-state index contributed by atoms with van der Waals surface area (Å²) in [6.45, 7) is 1.64. The Morgan fingerprint density at radius 2 is 1.33 bits per heavy atom. The number of anilines is 1. The van der Waals surface area contributed by atoms with Gasteiger partial charge in [0.05, 0.1) is 25.7 Å². The fraction of sp³-hybridized carbons (Fsp3) is 0.650. The molecule has 0 spiro atoms. The summed E-state index contributed by atoms with van der Waals surface area (Å²) in [4.78, 5) is 12.6. The number of carboxylic acid groups (broad SMARTS) is 1. The molecule has 0 radical (unpaired) electrons. The summed E-state index contributed by atoms with van der Waals surface area (Å²) in [5.74, 6) is 0.390. The molecule has 0 bridgehead atoms. The second kappa shape index (κ2) is 17.3. The van der Waals surface area contributed by atoms with E-state index < -0.39 is 26.2 Å².